The summed E-state index contributed by atoms with van der Waals surface area (Å²) in [5, 5.41) is 3.32. The number of nitrogens with one attached hydrogen (secondary N) is 1. The molecule has 2 heterocycles. The standard InChI is InChI=1S/C9H14N4/c1-6-12-8-3-5-11-4-2-7(8)9(10)13-6/h11H,2-5H2,1H3,(H2,10,12,13). The number of nitrogen functional groups attached to an aromatic ring is 1. The van der Waals surface area contributed by atoms with Gasteiger partial charge in [-0.25, -0.2) is 9.97 Å². The summed E-state index contributed by atoms with van der Waals surface area (Å²) in [6, 6.07) is 0. The second-order valence-electron chi connectivity index (χ2n) is 3.33. The second kappa shape index (κ2) is 3.30. The highest BCUT2D eigenvalue weighted by molar-refractivity contribution is 5.43. The highest BCUT2D eigenvalue weighted by Crippen LogP contribution is 2.16. The van der Waals surface area contributed by atoms with E-state index in [9.17, 15) is 0 Å². The molecule has 0 aromatic carbocycles. The van der Waals surface area contributed by atoms with Gasteiger partial charge in [-0.3, -0.25) is 0 Å². The van der Waals surface area contributed by atoms with Crippen LogP contribution in [0.25, 0.3) is 0 Å². The van der Waals surface area contributed by atoms with Crippen LogP contribution in [-0.4, -0.2) is 23.1 Å². The lowest BCUT2D eigenvalue weighted by Crippen LogP contribution is -2.16. The molecule has 0 saturated heterocycles. The lowest BCUT2D eigenvalue weighted by Gasteiger charge is -2.07. The summed E-state index contributed by atoms with van der Waals surface area (Å²) in [5.41, 5.74) is 8.09. The van der Waals surface area contributed by atoms with Gasteiger partial charge in [-0.15, -0.1) is 0 Å². The largest absolute Gasteiger partial charge is 0.383 e. The molecule has 0 fully saturated rings. The minimum atomic E-state index is 0.659. The van der Waals surface area contributed by atoms with E-state index in [0.29, 0.717) is 5.82 Å². The fourth-order valence-electron chi connectivity index (χ4n) is 1.70. The third-order valence-corrected chi connectivity index (χ3v) is 2.33. The van der Waals surface area contributed by atoms with Crippen molar-refractivity contribution in [1.29, 1.82) is 0 Å². The Morgan fingerprint density at radius 1 is 1.23 bits per heavy atom. The molecule has 0 spiro atoms. The van der Waals surface area contributed by atoms with E-state index < -0.39 is 0 Å². The van der Waals surface area contributed by atoms with Gasteiger partial charge in [-0.1, -0.05) is 0 Å². The first-order valence-corrected chi connectivity index (χ1v) is 4.60. The number of rotatable bonds is 0. The van der Waals surface area contributed by atoms with E-state index in [1.807, 2.05) is 6.92 Å². The van der Waals surface area contributed by atoms with E-state index in [1.54, 1.807) is 0 Å². The van der Waals surface area contributed by atoms with Crippen molar-refractivity contribution >= 4 is 5.82 Å². The molecule has 70 valence electrons. The zero-order chi connectivity index (χ0) is 9.26. The molecule has 1 aliphatic rings. The number of hydrogen-bond acceptors (Lipinski definition) is 4. The molecule has 13 heavy (non-hydrogen) atoms. The Labute approximate surface area is 77.6 Å². The summed E-state index contributed by atoms with van der Waals surface area (Å²) in [6.45, 7) is 3.85. The van der Waals surface area contributed by atoms with Crippen LogP contribution in [0.3, 0.4) is 0 Å². The van der Waals surface area contributed by atoms with Crippen molar-refractivity contribution in [1.82, 2.24) is 15.3 Å². The van der Waals surface area contributed by atoms with Gasteiger partial charge >= 0.3 is 0 Å². The summed E-state index contributed by atoms with van der Waals surface area (Å²) in [5.74, 6) is 1.43. The van der Waals surface area contributed by atoms with E-state index in [2.05, 4.69) is 15.3 Å². The molecule has 4 nitrogen and oxygen atoms in total. The predicted octanol–water partition coefficient (Wildman–Crippen LogP) is 0.0554. The average Bonchev–Trinajstić information content (AvgIpc) is 2.28. The molecule has 0 radical (unpaired) electrons. The smallest absolute Gasteiger partial charge is 0.130 e. The van der Waals surface area contributed by atoms with Crippen LogP contribution in [0.1, 0.15) is 17.1 Å². The van der Waals surface area contributed by atoms with Crippen molar-refractivity contribution < 1.29 is 0 Å². The summed E-state index contributed by atoms with van der Waals surface area (Å²) in [4.78, 5) is 8.57. The van der Waals surface area contributed by atoms with Crippen molar-refractivity contribution in [3.8, 4) is 0 Å². The minimum absolute atomic E-state index is 0.659. The maximum atomic E-state index is 5.83. The zero-order valence-corrected chi connectivity index (χ0v) is 7.80. The number of nitrogens with two attached hydrogens (primary N) is 1. The molecule has 2 rings (SSSR count). The monoisotopic (exact) mass is 178 g/mol. The molecule has 1 aromatic heterocycles. The first-order chi connectivity index (χ1) is 6.27. The van der Waals surface area contributed by atoms with Crippen molar-refractivity contribution in [3.05, 3.63) is 17.1 Å². The summed E-state index contributed by atoms with van der Waals surface area (Å²) < 4.78 is 0. The highest BCUT2D eigenvalue weighted by atomic mass is 15.0. The number of fused-ring (bicyclic) bond motifs is 1. The van der Waals surface area contributed by atoms with Gasteiger partial charge in [0.2, 0.25) is 0 Å². The number of nitrogens with zero attached hydrogens (tertiary/aromatic N) is 2. The average molecular weight is 178 g/mol. The third kappa shape index (κ3) is 1.62. The lowest BCUT2D eigenvalue weighted by molar-refractivity contribution is 0.708. The van der Waals surface area contributed by atoms with Crippen LogP contribution in [0, 0.1) is 6.92 Å². The quantitative estimate of drug-likeness (QED) is 0.589. The van der Waals surface area contributed by atoms with Crippen LogP contribution in [0.4, 0.5) is 5.82 Å². The molecule has 0 saturated carbocycles. The van der Waals surface area contributed by atoms with Crippen molar-refractivity contribution in [2.75, 3.05) is 18.8 Å². The highest BCUT2D eigenvalue weighted by Gasteiger charge is 2.12. The van der Waals surface area contributed by atoms with E-state index in [1.165, 1.54) is 0 Å². The van der Waals surface area contributed by atoms with E-state index in [-0.39, 0.29) is 0 Å². The Morgan fingerprint density at radius 3 is 2.85 bits per heavy atom. The topological polar surface area (TPSA) is 63.8 Å². The first-order valence-electron chi connectivity index (χ1n) is 4.60. The molecule has 0 bridgehead atoms. The number of aromatic nitrogens is 2. The maximum absolute atomic E-state index is 5.83. The predicted molar refractivity (Wildman–Crippen MR) is 51.5 cm³/mol. The van der Waals surface area contributed by atoms with Gasteiger partial charge in [0.15, 0.2) is 0 Å². The Balaban J connectivity index is 2.47. The molecule has 0 amide bonds. The van der Waals surface area contributed by atoms with Crippen molar-refractivity contribution in [2.24, 2.45) is 0 Å². The van der Waals surface area contributed by atoms with Crippen LogP contribution in [-0.2, 0) is 12.8 Å². The molecule has 3 N–H and O–H groups in total. The maximum Gasteiger partial charge on any atom is 0.130 e. The minimum Gasteiger partial charge on any atom is -0.383 e. The molecule has 4 heteroatoms. The lowest BCUT2D eigenvalue weighted by atomic mass is 10.1. The summed E-state index contributed by atoms with van der Waals surface area (Å²) in [6.07, 6.45) is 1.91. The summed E-state index contributed by atoms with van der Waals surface area (Å²) in [7, 11) is 0. The zero-order valence-electron chi connectivity index (χ0n) is 7.80. The normalized spacial score (nSPS) is 16.4. The second-order valence-corrected chi connectivity index (χ2v) is 3.33. The molecule has 0 unspecified atom stereocenters. The Kier molecular flexibility index (Phi) is 2.14. The van der Waals surface area contributed by atoms with Gasteiger partial charge in [0.1, 0.15) is 11.6 Å². The molecule has 1 aliphatic heterocycles. The Bertz CT molecular complexity index is 322. The van der Waals surface area contributed by atoms with E-state index in [0.717, 1.165) is 43.0 Å². The fraction of sp³-hybridized carbons (Fsp3) is 0.556. The molecule has 0 atom stereocenters. The number of anilines is 1. The Hall–Kier alpha value is -1.16. The third-order valence-electron chi connectivity index (χ3n) is 2.33. The van der Waals surface area contributed by atoms with Gasteiger partial charge < -0.3 is 11.1 Å². The van der Waals surface area contributed by atoms with Gasteiger partial charge in [0.25, 0.3) is 0 Å². The van der Waals surface area contributed by atoms with E-state index in [4.69, 9.17) is 5.73 Å². The van der Waals surface area contributed by atoms with Crippen molar-refractivity contribution in [3.63, 3.8) is 0 Å². The number of aryl methyl sites for hydroxylation is 1. The molecule has 1 aromatic rings. The summed E-state index contributed by atoms with van der Waals surface area (Å²) >= 11 is 0. The van der Waals surface area contributed by atoms with Crippen LogP contribution in [0.15, 0.2) is 0 Å². The van der Waals surface area contributed by atoms with Crippen LogP contribution >= 0.6 is 0 Å². The van der Waals surface area contributed by atoms with E-state index >= 15 is 0 Å². The van der Waals surface area contributed by atoms with Gasteiger partial charge in [-0.05, 0) is 19.9 Å². The first kappa shape index (κ1) is 8.44. The van der Waals surface area contributed by atoms with Gasteiger partial charge in [0.05, 0.1) is 5.69 Å². The fourth-order valence-corrected chi connectivity index (χ4v) is 1.70. The molecular formula is C9H14N4. The van der Waals surface area contributed by atoms with Gasteiger partial charge in [0, 0.05) is 18.5 Å². The van der Waals surface area contributed by atoms with Crippen LogP contribution in [0.5, 0.6) is 0 Å². The van der Waals surface area contributed by atoms with Crippen LogP contribution < -0.4 is 11.1 Å². The van der Waals surface area contributed by atoms with Crippen LogP contribution in [0.2, 0.25) is 0 Å². The number of hydrogen-bond donors (Lipinski definition) is 2. The molecular weight excluding hydrogens is 164 g/mol. The SMILES string of the molecule is Cc1nc(N)c2c(n1)CCNCC2. The van der Waals surface area contributed by atoms with Gasteiger partial charge in [-0.2, -0.15) is 0 Å². The Morgan fingerprint density at radius 2 is 2.00 bits per heavy atom. The van der Waals surface area contributed by atoms with Crippen molar-refractivity contribution in [2.45, 2.75) is 19.8 Å². The molecule has 0 aliphatic carbocycles.